The summed E-state index contributed by atoms with van der Waals surface area (Å²) in [5.41, 5.74) is 0.719. The zero-order chi connectivity index (χ0) is 14.8. The molecule has 1 fully saturated rings. The van der Waals surface area contributed by atoms with Gasteiger partial charge in [-0.05, 0) is 38.0 Å². The number of hydrogen-bond donors (Lipinski definition) is 0. The Hall–Kier alpha value is -1.69. The molecule has 1 aliphatic heterocycles. The van der Waals surface area contributed by atoms with E-state index in [0.29, 0.717) is 11.7 Å². The molecule has 21 heavy (non-hydrogen) atoms. The van der Waals surface area contributed by atoms with Crippen molar-refractivity contribution in [2.45, 2.75) is 25.7 Å². The van der Waals surface area contributed by atoms with E-state index < -0.39 is 0 Å². The summed E-state index contributed by atoms with van der Waals surface area (Å²) < 4.78 is 6.15. The largest absolute Gasteiger partial charge is 0.339 e. The van der Waals surface area contributed by atoms with E-state index in [2.05, 4.69) is 26.1 Å². The predicted molar refractivity (Wildman–Crippen MR) is 81.1 cm³/mol. The maximum atomic E-state index is 12.5. The number of rotatable bonds is 2. The highest BCUT2D eigenvalue weighted by atomic mass is 79.9. The average Bonchev–Trinajstić information content (AvgIpc) is 2.93. The number of likely N-dealkylation sites (tertiary alicyclic amines) is 1. The van der Waals surface area contributed by atoms with Gasteiger partial charge in [-0.1, -0.05) is 27.2 Å². The molecule has 0 aliphatic carbocycles. The van der Waals surface area contributed by atoms with Gasteiger partial charge in [0.15, 0.2) is 5.82 Å². The number of benzene rings is 1. The molecular formula is C15H16BrN3O2. The standard InChI is InChI=1S/C15H16BrN3O2/c1-10-17-14(21-18-10)11-5-7-19(8-6-11)15(20)12-3-2-4-13(16)9-12/h2-4,9,11H,5-8H2,1H3. The van der Waals surface area contributed by atoms with Gasteiger partial charge in [-0.15, -0.1) is 0 Å². The third-order valence-electron chi connectivity index (χ3n) is 3.75. The molecule has 6 heteroatoms. The molecule has 0 radical (unpaired) electrons. The van der Waals surface area contributed by atoms with Crippen molar-refractivity contribution < 1.29 is 9.32 Å². The Morgan fingerprint density at radius 3 is 2.76 bits per heavy atom. The van der Waals surface area contributed by atoms with Crippen molar-refractivity contribution in [2.24, 2.45) is 0 Å². The van der Waals surface area contributed by atoms with E-state index in [1.807, 2.05) is 36.1 Å². The lowest BCUT2D eigenvalue weighted by molar-refractivity contribution is 0.0704. The summed E-state index contributed by atoms with van der Waals surface area (Å²) in [6.07, 6.45) is 1.72. The zero-order valence-electron chi connectivity index (χ0n) is 11.8. The van der Waals surface area contributed by atoms with Crippen LogP contribution in [0.3, 0.4) is 0 Å². The lowest BCUT2D eigenvalue weighted by Gasteiger charge is -2.30. The normalized spacial score (nSPS) is 16.2. The van der Waals surface area contributed by atoms with Crippen LogP contribution in [0.25, 0.3) is 0 Å². The molecule has 2 heterocycles. The first kappa shape index (κ1) is 14.3. The smallest absolute Gasteiger partial charge is 0.253 e. The average molecular weight is 350 g/mol. The number of amides is 1. The van der Waals surface area contributed by atoms with E-state index in [-0.39, 0.29) is 11.8 Å². The molecule has 0 saturated carbocycles. The van der Waals surface area contributed by atoms with Gasteiger partial charge in [-0.25, -0.2) is 0 Å². The number of piperidine rings is 1. The summed E-state index contributed by atoms with van der Waals surface area (Å²) in [6.45, 7) is 3.26. The number of aromatic nitrogens is 2. The topological polar surface area (TPSA) is 59.2 Å². The van der Waals surface area contributed by atoms with Crippen molar-refractivity contribution in [1.82, 2.24) is 15.0 Å². The van der Waals surface area contributed by atoms with Crippen LogP contribution in [0.2, 0.25) is 0 Å². The lowest BCUT2D eigenvalue weighted by atomic mass is 9.96. The van der Waals surface area contributed by atoms with Gasteiger partial charge in [0, 0.05) is 29.0 Å². The van der Waals surface area contributed by atoms with E-state index in [4.69, 9.17) is 4.52 Å². The summed E-state index contributed by atoms with van der Waals surface area (Å²) in [7, 11) is 0. The lowest BCUT2D eigenvalue weighted by Crippen LogP contribution is -2.38. The second kappa shape index (κ2) is 5.97. The Balaban J connectivity index is 1.64. The van der Waals surface area contributed by atoms with E-state index in [9.17, 15) is 4.79 Å². The highest BCUT2D eigenvalue weighted by Crippen LogP contribution is 2.27. The Labute approximate surface area is 131 Å². The van der Waals surface area contributed by atoms with Crippen LogP contribution in [0.4, 0.5) is 0 Å². The van der Waals surface area contributed by atoms with E-state index in [0.717, 1.165) is 36.0 Å². The third kappa shape index (κ3) is 3.15. The third-order valence-corrected chi connectivity index (χ3v) is 4.24. The van der Waals surface area contributed by atoms with Crippen molar-refractivity contribution in [1.29, 1.82) is 0 Å². The van der Waals surface area contributed by atoms with Gasteiger partial charge in [0.05, 0.1) is 0 Å². The number of nitrogens with zero attached hydrogens (tertiary/aromatic N) is 3. The second-order valence-corrected chi connectivity index (χ2v) is 6.17. The first-order valence-corrected chi connectivity index (χ1v) is 7.78. The van der Waals surface area contributed by atoms with Crippen molar-refractivity contribution in [3.8, 4) is 0 Å². The summed E-state index contributed by atoms with van der Waals surface area (Å²) in [5, 5.41) is 3.83. The molecule has 1 aromatic heterocycles. The van der Waals surface area contributed by atoms with Gasteiger partial charge in [0.1, 0.15) is 0 Å². The summed E-state index contributed by atoms with van der Waals surface area (Å²) in [5.74, 6) is 1.70. The number of aryl methyl sites for hydroxylation is 1. The predicted octanol–water partition coefficient (Wildman–Crippen LogP) is 3.16. The molecule has 110 valence electrons. The van der Waals surface area contributed by atoms with E-state index >= 15 is 0 Å². The maximum Gasteiger partial charge on any atom is 0.253 e. The van der Waals surface area contributed by atoms with Gasteiger partial charge in [-0.3, -0.25) is 4.79 Å². The SMILES string of the molecule is Cc1noc(C2CCN(C(=O)c3cccc(Br)c3)CC2)n1. The Morgan fingerprint density at radius 1 is 1.38 bits per heavy atom. The fourth-order valence-electron chi connectivity index (χ4n) is 2.61. The minimum atomic E-state index is 0.0801. The van der Waals surface area contributed by atoms with Crippen molar-refractivity contribution in [2.75, 3.05) is 13.1 Å². The van der Waals surface area contributed by atoms with Crippen molar-refractivity contribution in [3.63, 3.8) is 0 Å². The molecule has 1 amide bonds. The maximum absolute atomic E-state index is 12.5. The van der Waals surface area contributed by atoms with Gasteiger partial charge < -0.3 is 9.42 Å². The molecule has 0 spiro atoms. The molecule has 0 atom stereocenters. The fourth-order valence-corrected chi connectivity index (χ4v) is 3.01. The molecule has 2 aromatic rings. The summed E-state index contributed by atoms with van der Waals surface area (Å²) in [6, 6.07) is 7.50. The van der Waals surface area contributed by atoms with Crippen LogP contribution in [-0.4, -0.2) is 34.0 Å². The number of hydrogen-bond acceptors (Lipinski definition) is 4. The first-order chi connectivity index (χ1) is 10.1. The quantitative estimate of drug-likeness (QED) is 0.835. The van der Waals surface area contributed by atoms with Gasteiger partial charge in [0.2, 0.25) is 5.89 Å². The highest BCUT2D eigenvalue weighted by molar-refractivity contribution is 9.10. The molecule has 3 rings (SSSR count). The van der Waals surface area contributed by atoms with E-state index in [1.165, 1.54) is 0 Å². The molecule has 0 bridgehead atoms. The molecule has 0 N–H and O–H groups in total. The van der Waals surface area contributed by atoms with Crippen LogP contribution in [0.5, 0.6) is 0 Å². The van der Waals surface area contributed by atoms with Crippen molar-refractivity contribution >= 4 is 21.8 Å². The monoisotopic (exact) mass is 349 g/mol. The second-order valence-electron chi connectivity index (χ2n) is 5.26. The van der Waals surface area contributed by atoms with Crippen molar-refractivity contribution in [3.05, 3.63) is 46.0 Å². The number of carbonyl (C=O) groups excluding carboxylic acids is 1. The highest BCUT2D eigenvalue weighted by Gasteiger charge is 2.27. The van der Waals surface area contributed by atoms with Crippen LogP contribution < -0.4 is 0 Å². The molecule has 1 aromatic carbocycles. The molecular weight excluding hydrogens is 334 g/mol. The number of halogens is 1. The first-order valence-electron chi connectivity index (χ1n) is 6.98. The van der Waals surface area contributed by atoms with Gasteiger partial charge >= 0.3 is 0 Å². The van der Waals surface area contributed by atoms with Crippen LogP contribution in [0.15, 0.2) is 33.3 Å². The Bertz CT molecular complexity index is 648. The minimum absolute atomic E-state index is 0.0801. The van der Waals surface area contributed by atoms with Crippen LogP contribution in [0.1, 0.15) is 40.8 Å². The Kier molecular flexibility index (Phi) is 4.05. The molecule has 0 unspecified atom stereocenters. The van der Waals surface area contributed by atoms with E-state index in [1.54, 1.807) is 0 Å². The minimum Gasteiger partial charge on any atom is -0.339 e. The van der Waals surface area contributed by atoms with Gasteiger partial charge in [0.25, 0.3) is 5.91 Å². The van der Waals surface area contributed by atoms with Crippen LogP contribution in [0, 0.1) is 6.92 Å². The molecule has 1 saturated heterocycles. The molecule has 5 nitrogen and oxygen atoms in total. The van der Waals surface area contributed by atoms with Gasteiger partial charge in [-0.2, -0.15) is 4.98 Å². The van der Waals surface area contributed by atoms with Crippen LogP contribution >= 0.6 is 15.9 Å². The summed E-state index contributed by atoms with van der Waals surface area (Å²) in [4.78, 5) is 18.6. The zero-order valence-corrected chi connectivity index (χ0v) is 13.3. The van der Waals surface area contributed by atoms with Crippen LogP contribution in [-0.2, 0) is 0 Å². The Morgan fingerprint density at radius 2 is 2.14 bits per heavy atom. The molecule has 1 aliphatic rings. The fraction of sp³-hybridized carbons (Fsp3) is 0.400. The summed E-state index contributed by atoms with van der Waals surface area (Å²) >= 11 is 3.40. The number of carbonyl (C=O) groups is 1.